The third-order valence-electron chi connectivity index (χ3n) is 6.47. The number of nitrogens with zero attached hydrogens (tertiary/aromatic N) is 2. The summed E-state index contributed by atoms with van der Waals surface area (Å²) in [7, 11) is -1.91. The second-order valence-corrected chi connectivity index (χ2v) is 13.0. The van der Waals surface area contributed by atoms with E-state index in [1.54, 1.807) is 0 Å². The fourth-order valence-electron chi connectivity index (χ4n) is 4.96. The average Bonchev–Trinajstić information content (AvgIpc) is 3.06. The summed E-state index contributed by atoms with van der Waals surface area (Å²) in [5.41, 5.74) is 5.72. The first kappa shape index (κ1) is 18.2. The van der Waals surface area contributed by atoms with E-state index in [9.17, 15) is 0 Å². The maximum atomic E-state index is 5.24. The summed E-state index contributed by atoms with van der Waals surface area (Å²) in [5, 5.41) is 5.20. The van der Waals surface area contributed by atoms with Crippen LogP contribution in [-0.4, -0.2) is 18.0 Å². The van der Waals surface area contributed by atoms with Crippen molar-refractivity contribution < 1.29 is 0 Å². The van der Waals surface area contributed by atoms with E-state index in [2.05, 4.69) is 110 Å². The van der Waals surface area contributed by atoms with Crippen molar-refractivity contribution in [3.63, 3.8) is 0 Å². The molecule has 1 aliphatic rings. The summed E-state index contributed by atoms with van der Waals surface area (Å²) in [6.07, 6.45) is 0. The van der Waals surface area contributed by atoms with Crippen LogP contribution in [0.2, 0.25) is 13.1 Å². The van der Waals surface area contributed by atoms with Gasteiger partial charge in [-0.25, -0.2) is 9.97 Å². The number of rotatable bonds is 2. The van der Waals surface area contributed by atoms with Crippen molar-refractivity contribution in [1.29, 1.82) is 0 Å². The minimum Gasteiger partial charge on any atom is -0.228 e. The lowest BCUT2D eigenvalue weighted by atomic mass is 10.0. The first-order chi connectivity index (χ1) is 15.1. The molecule has 0 radical (unpaired) electrons. The van der Waals surface area contributed by atoms with Crippen LogP contribution in [0.15, 0.2) is 97.1 Å². The molecule has 0 spiro atoms. The standard InChI is InChI=1S/C28H22N2Si/c1-31(2)24-18-9-8-16-23(24)26-27(31)25(20-12-4-3-5-13-20)29-28(30-26)22-17-10-14-19-11-6-7-15-21(19)22/h3-18H,1-2H3. The van der Waals surface area contributed by atoms with Crippen LogP contribution in [0.4, 0.5) is 0 Å². The lowest BCUT2D eigenvalue weighted by Crippen LogP contribution is -2.50. The van der Waals surface area contributed by atoms with Crippen LogP contribution in [0.1, 0.15) is 0 Å². The molecule has 1 aromatic heterocycles. The van der Waals surface area contributed by atoms with Gasteiger partial charge >= 0.3 is 0 Å². The molecule has 0 saturated heterocycles. The minimum atomic E-state index is -1.91. The van der Waals surface area contributed by atoms with E-state index in [0.29, 0.717) is 0 Å². The molecule has 0 amide bonds. The second-order valence-electron chi connectivity index (χ2n) is 8.68. The monoisotopic (exact) mass is 414 g/mol. The zero-order chi connectivity index (χ0) is 21.0. The minimum absolute atomic E-state index is 0.802. The highest BCUT2D eigenvalue weighted by molar-refractivity contribution is 7.04. The summed E-state index contributed by atoms with van der Waals surface area (Å²) in [6, 6.07) is 34.3. The molecule has 0 bridgehead atoms. The van der Waals surface area contributed by atoms with Gasteiger partial charge in [-0.3, -0.25) is 0 Å². The van der Waals surface area contributed by atoms with Crippen LogP contribution in [0, 0.1) is 0 Å². The van der Waals surface area contributed by atoms with Gasteiger partial charge in [-0.2, -0.15) is 0 Å². The highest BCUT2D eigenvalue weighted by Crippen LogP contribution is 2.34. The third-order valence-corrected chi connectivity index (χ3v) is 9.97. The Bertz CT molecular complexity index is 1450. The van der Waals surface area contributed by atoms with E-state index >= 15 is 0 Å². The highest BCUT2D eigenvalue weighted by atomic mass is 28.3. The lowest BCUT2D eigenvalue weighted by molar-refractivity contribution is 1.21. The Hall–Kier alpha value is -3.56. The molecule has 148 valence electrons. The molecule has 3 heteroatoms. The van der Waals surface area contributed by atoms with Crippen molar-refractivity contribution in [2.75, 3.05) is 0 Å². The Labute approximate surface area is 183 Å². The highest BCUT2D eigenvalue weighted by Gasteiger charge is 2.41. The van der Waals surface area contributed by atoms with Crippen molar-refractivity contribution >= 4 is 29.2 Å². The quantitative estimate of drug-likeness (QED) is 0.343. The topological polar surface area (TPSA) is 25.8 Å². The number of hydrogen-bond acceptors (Lipinski definition) is 2. The molecule has 1 aliphatic heterocycles. The number of aromatic nitrogens is 2. The van der Waals surface area contributed by atoms with Crippen LogP contribution < -0.4 is 10.4 Å². The van der Waals surface area contributed by atoms with Crippen LogP contribution >= 0.6 is 0 Å². The van der Waals surface area contributed by atoms with Crippen molar-refractivity contribution in [3.8, 4) is 33.9 Å². The first-order valence-corrected chi connectivity index (χ1v) is 13.7. The molecular weight excluding hydrogens is 392 g/mol. The molecule has 0 unspecified atom stereocenters. The molecule has 0 saturated carbocycles. The van der Waals surface area contributed by atoms with E-state index in [1.807, 2.05) is 0 Å². The van der Waals surface area contributed by atoms with Crippen LogP contribution in [0.3, 0.4) is 0 Å². The van der Waals surface area contributed by atoms with Gasteiger partial charge in [0.2, 0.25) is 0 Å². The van der Waals surface area contributed by atoms with Crippen molar-refractivity contribution in [3.05, 3.63) is 97.1 Å². The van der Waals surface area contributed by atoms with Crippen molar-refractivity contribution in [1.82, 2.24) is 9.97 Å². The number of fused-ring (bicyclic) bond motifs is 4. The van der Waals surface area contributed by atoms with Gasteiger partial charge in [-0.1, -0.05) is 110 Å². The first-order valence-electron chi connectivity index (χ1n) is 10.7. The van der Waals surface area contributed by atoms with Gasteiger partial charge in [-0.15, -0.1) is 0 Å². The molecule has 2 heterocycles. The molecular formula is C28H22N2Si. The summed E-state index contributed by atoms with van der Waals surface area (Å²) in [6.45, 7) is 4.84. The van der Waals surface area contributed by atoms with Crippen LogP contribution in [0.25, 0.3) is 44.7 Å². The zero-order valence-electron chi connectivity index (χ0n) is 17.6. The predicted molar refractivity (Wildman–Crippen MR) is 133 cm³/mol. The summed E-state index contributed by atoms with van der Waals surface area (Å²) < 4.78 is 0. The summed E-state index contributed by atoms with van der Waals surface area (Å²) in [5.74, 6) is 0.802. The molecule has 2 nitrogen and oxygen atoms in total. The smallest absolute Gasteiger partial charge is 0.161 e. The van der Waals surface area contributed by atoms with Crippen LogP contribution in [-0.2, 0) is 0 Å². The maximum absolute atomic E-state index is 5.24. The Morgan fingerprint density at radius 2 is 1.23 bits per heavy atom. The van der Waals surface area contributed by atoms with Gasteiger partial charge in [0, 0.05) is 11.1 Å². The van der Waals surface area contributed by atoms with E-state index in [1.165, 1.54) is 26.7 Å². The molecule has 4 aromatic carbocycles. The Morgan fingerprint density at radius 3 is 2.10 bits per heavy atom. The summed E-state index contributed by atoms with van der Waals surface area (Å²) >= 11 is 0. The fraction of sp³-hybridized carbons (Fsp3) is 0.0714. The molecule has 0 atom stereocenters. The van der Waals surface area contributed by atoms with Gasteiger partial charge < -0.3 is 0 Å². The van der Waals surface area contributed by atoms with Gasteiger partial charge in [0.05, 0.1) is 11.4 Å². The lowest BCUT2D eigenvalue weighted by Gasteiger charge is -2.21. The van der Waals surface area contributed by atoms with E-state index in [-0.39, 0.29) is 0 Å². The predicted octanol–water partition coefficient (Wildman–Crippen LogP) is 5.77. The molecule has 0 N–H and O–H groups in total. The molecule has 0 fully saturated rings. The average molecular weight is 415 g/mol. The van der Waals surface area contributed by atoms with E-state index in [0.717, 1.165) is 28.3 Å². The molecule has 5 aromatic rings. The Balaban J connectivity index is 1.72. The SMILES string of the molecule is C[Si]1(C)c2ccccc2-c2nc(-c3cccc4ccccc34)nc(-c3ccccc3)c21. The zero-order valence-corrected chi connectivity index (χ0v) is 18.6. The van der Waals surface area contributed by atoms with Crippen molar-refractivity contribution in [2.24, 2.45) is 0 Å². The van der Waals surface area contributed by atoms with E-state index in [4.69, 9.17) is 9.97 Å². The van der Waals surface area contributed by atoms with Gasteiger partial charge in [-0.05, 0) is 26.7 Å². The maximum Gasteiger partial charge on any atom is 0.161 e. The number of hydrogen-bond donors (Lipinski definition) is 0. The Kier molecular flexibility index (Phi) is 3.95. The number of benzene rings is 4. The van der Waals surface area contributed by atoms with E-state index < -0.39 is 8.07 Å². The molecule has 0 aliphatic carbocycles. The summed E-state index contributed by atoms with van der Waals surface area (Å²) in [4.78, 5) is 10.5. The molecule has 31 heavy (non-hydrogen) atoms. The van der Waals surface area contributed by atoms with Gasteiger partial charge in [0.1, 0.15) is 8.07 Å². The third kappa shape index (κ3) is 2.70. The fourth-order valence-corrected chi connectivity index (χ4v) is 8.19. The Morgan fingerprint density at radius 1 is 0.581 bits per heavy atom. The van der Waals surface area contributed by atoms with Crippen molar-refractivity contribution in [2.45, 2.75) is 13.1 Å². The largest absolute Gasteiger partial charge is 0.228 e. The van der Waals surface area contributed by atoms with Gasteiger partial charge in [0.25, 0.3) is 0 Å². The molecule has 6 rings (SSSR count). The van der Waals surface area contributed by atoms with Crippen LogP contribution in [0.5, 0.6) is 0 Å². The normalized spacial score (nSPS) is 13.7. The second kappa shape index (κ2) is 6.72. The van der Waals surface area contributed by atoms with Gasteiger partial charge in [0.15, 0.2) is 5.82 Å².